The molecule has 2 nitrogen and oxygen atoms in total. The van der Waals surface area contributed by atoms with Gasteiger partial charge in [-0.1, -0.05) is 6.07 Å². The predicted molar refractivity (Wildman–Crippen MR) is 73.5 cm³/mol. The lowest BCUT2D eigenvalue weighted by Crippen LogP contribution is -2.30. The van der Waals surface area contributed by atoms with Gasteiger partial charge in [0.15, 0.2) is 0 Å². The molecule has 0 radical (unpaired) electrons. The Bertz CT molecular complexity index is 592. The third-order valence-corrected chi connectivity index (χ3v) is 3.83. The van der Waals surface area contributed by atoms with Crippen LogP contribution in [0.3, 0.4) is 0 Å². The van der Waals surface area contributed by atoms with Crippen LogP contribution in [0, 0.1) is 17.5 Å². The van der Waals surface area contributed by atoms with Crippen molar-refractivity contribution in [3.63, 3.8) is 0 Å². The monoisotopic (exact) mass is 298 g/mol. The summed E-state index contributed by atoms with van der Waals surface area (Å²) >= 11 is 1.31. The van der Waals surface area contributed by atoms with E-state index in [1.54, 1.807) is 12.1 Å². The average Bonchev–Trinajstić information content (AvgIpc) is 2.43. The Morgan fingerprint density at radius 1 is 1.05 bits per heavy atom. The van der Waals surface area contributed by atoms with E-state index in [2.05, 4.69) is 5.43 Å². The molecule has 0 saturated carbocycles. The minimum absolute atomic E-state index is 0.149. The molecule has 0 amide bonds. The van der Waals surface area contributed by atoms with Gasteiger partial charge in [0.05, 0.1) is 6.04 Å². The molecule has 0 fully saturated rings. The lowest BCUT2D eigenvalue weighted by Gasteiger charge is -2.16. The van der Waals surface area contributed by atoms with Crippen LogP contribution in [0.1, 0.15) is 11.6 Å². The van der Waals surface area contributed by atoms with Gasteiger partial charge in [-0.2, -0.15) is 0 Å². The minimum Gasteiger partial charge on any atom is -0.271 e. The fourth-order valence-corrected chi connectivity index (χ4v) is 2.75. The maximum Gasteiger partial charge on any atom is 0.128 e. The first kappa shape index (κ1) is 14.9. The number of hydrogen-bond donors (Lipinski definition) is 2. The van der Waals surface area contributed by atoms with Gasteiger partial charge < -0.3 is 0 Å². The van der Waals surface area contributed by atoms with Crippen LogP contribution < -0.4 is 11.3 Å². The van der Waals surface area contributed by atoms with Gasteiger partial charge in [0.2, 0.25) is 0 Å². The minimum atomic E-state index is -0.570. The van der Waals surface area contributed by atoms with Crippen molar-refractivity contribution in [2.75, 3.05) is 5.75 Å². The highest BCUT2D eigenvalue weighted by Gasteiger charge is 2.15. The smallest absolute Gasteiger partial charge is 0.128 e. The standard InChI is InChI=1S/C14H13F3N2S/c15-9-2-1-3-11(6-9)20-8-14(19-18)12-7-10(16)4-5-13(12)17/h1-7,14,19H,8,18H2. The maximum absolute atomic E-state index is 13.7. The zero-order chi connectivity index (χ0) is 14.5. The molecule has 1 unspecified atom stereocenters. The number of hydrogen-bond acceptors (Lipinski definition) is 3. The van der Waals surface area contributed by atoms with Crippen LogP contribution in [0.2, 0.25) is 0 Å². The molecule has 2 aromatic carbocycles. The Labute approximate surface area is 119 Å². The highest BCUT2D eigenvalue weighted by atomic mass is 32.2. The van der Waals surface area contributed by atoms with Crippen molar-refractivity contribution in [1.29, 1.82) is 0 Å². The van der Waals surface area contributed by atoms with E-state index in [9.17, 15) is 13.2 Å². The third kappa shape index (κ3) is 3.75. The number of thioether (sulfide) groups is 1. The second-order valence-corrected chi connectivity index (χ2v) is 5.25. The summed E-state index contributed by atoms with van der Waals surface area (Å²) in [6.45, 7) is 0. The molecule has 0 bridgehead atoms. The predicted octanol–water partition coefficient (Wildman–Crippen LogP) is 3.40. The van der Waals surface area contributed by atoms with Gasteiger partial charge in [0.1, 0.15) is 17.5 Å². The lowest BCUT2D eigenvalue weighted by atomic mass is 10.1. The summed E-state index contributed by atoms with van der Waals surface area (Å²) in [6, 6.07) is 8.68. The summed E-state index contributed by atoms with van der Waals surface area (Å²) < 4.78 is 39.9. The molecule has 106 valence electrons. The number of hydrazine groups is 1. The van der Waals surface area contributed by atoms with Gasteiger partial charge in [0, 0.05) is 16.2 Å². The summed E-state index contributed by atoms with van der Waals surface area (Å²) in [4.78, 5) is 0.696. The molecule has 0 aromatic heterocycles. The highest BCUT2D eigenvalue weighted by Crippen LogP contribution is 2.26. The largest absolute Gasteiger partial charge is 0.271 e. The number of nitrogens with one attached hydrogen (secondary N) is 1. The molecule has 1 atom stereocenters. The van der Waals surface area contributed by atoms with E-state index in [0.717, 1.165) is 18.2 Å². The van der Waals surface area contributed by atoms with Crippen molar-refractivity contribution < 1.29 is 13.2 Å². The van der Waals surface area contributed by atoms with Gasteiger partial charge in [-0.3, -0.25) is 11.3 Å². The Kier molecular flexibility index (Phi) is 5.05. The van der Waals surface area contributed by atoms with Crippen molar-refractivity contribution >= 4 is 11.8 Å². The average molecular weight is 298 g/mol. The van der Waals surface area contributed by atoms with E-state index in [1.807, 2.05) is 0 Å². The SMILES string of the molecule is NNC(CSc1cccc(F)c1)c1cc(F)ccc1F. The van der Waals surface area contributed by atoms with Gasteiger partial charge >= 0.3 is 0 Å². The Morgan fingerprint density at radius 2 is 1.80 bits per heavy atom. The lowest BCUT2D eigenvalue weighted by molar-refractivity contribution is 0.534. The van der Waals surface area contributed by atoms with E-state index in [-0.39, 0.29) is 11.4 Å². The van der Waals surface area contributed by atoms with Crippen molar-refractivity contribution in [2.45, 2.75) is 10.9 Å². The van der Waals surface area contributed by atoms with Gasteiger partial charge in [-0.15, -0.1) is 11.8 Å². The Balaban J connectivity index is 2.11. The van der Waals surface area contributed by atoms with E-state index < -0.39 is 17.7 Å². The van der Waals surface area contributed by atoms with E-state index in [1.165, 1.54) is 23.9 Å². The molecule has 0 heterocycles. The van der Waals surface area contributed by atoms with Crippen LogP contribution in [0.4, 0.5) is 13.2 Å². The van der Waals surface area contributed by atoms with E-state index in [0.29, 0.717) is 10.6 Å². The van der Waals surface area contributed by atoms with Crippen molar-refractivity contribution in [2.24, 2.45) is 5.84 Å². The zero-order valence-corrected chi connectivity index (χ0v) is 11.3. The molecule has 0 saturated heterocycles. The summed E-state index contributed by atoms with van der Waals surface area (Å²) in [5.41, 5.74) is 2.60. The Hall–Kier alpha value is -1.50. The fourth-order valence-electron chi connectivity index (χ4n) is 1.75. The maximum atomic E-state index is 13.7. The van der Waals surface area contributed by atoms with Crippen LogP contribution in [-0.2, 0) is 0 Å². The third-order valence-electron chi connectivity index (χ3n) is 2.75. The van der Waals surface area contributed by atoms with E-state index >= 15 is 0 Å². The second kappa shape index (κ2) is 6.78. The molecule has 6 heteroatoms. The number of halogens is 3. The zero-order valence-electron chi connectivity index (χ0n) is 10.4. The molecule has 0 aliphatic rings. The topological polar surface area (TPSA) is 38.0 Å². The van der Waals surface area contributed by atoms with Crippen LogP contribution in [0.5, 0.6) is 0 Å². The second-order valence-electron chi connectivity index (χ2n) is 4.15. The first-order valence-electron chi connectivity index (χ1n) is 5.89. The molecule has 0 spiro atoms. The van der Waals surface area contributed by atoms with Gasteiger partial charge in [-0.25, -0.2) is 13.2 Å². The van der Waals surface area contributed by atoms with Crippen molar-refractivity contribution in [3.05, 3.63) is 65.5 Å². The molecule has 20 heavy (non-hydrogen) atoms. The van der Waals surface area contributed by atoms with Crippen LogP contribution >= 0.6 is 11.8 Å². The van der Waals surface area contributed by atoms with Crippen molar-refractivity contribution in [1.82, 2.24) is 5.43 Å². The molecule has 2 aromatic rings. The number of rotatable bonds is 5. The molecule has 3 N–H and O–H groups in total. The van der Waals surface area contributed by atoms with Crippen LogP contribution in [-0.4, -0.2) is 5.75 Å². The summed E-state index contributed by atoms with van der Waals surface area (Å²) in [7, 11) is 0. The summed E-state index contributed by atoms with van der Waals surface area (Å²) in [5.74, 6) is 4.33. The first-order valence-corrected chi connectivity index (χ1v) is 6.88. The highest BCUT2D eigenvalue weighted by molar-refractivity contribution is 7.99. The summed E-state index contributed by atoms with van der Waals surface area (Å²) in [6.07, 6.45) is 0. The molecular weight excluding hydrogens is 285 g/mol. The van der Waals surface area contributed by atoms with E-state index in [4.69, 9.17) is 5.84 Å². The first-order chi connectivity index (χ1) is 9.60. The van der Waals surface area contributed by atoms with Gasteiger partial charge in [-0.05, 0) is 36.4 Å². The van der Waals surface area contributed by atoms with Crippen LogP contribution in [0.25, 0.3) is 0 Å². The molecule has 0 aliphatic heterocycles. The molecule has 2 rings (SSSR count). The van der Waals surface area contributed by atoms with Gasteiger partial charge in [0.25, 0.3) is 0 Å². The quantitative estimate of drug-likeness (QED) is 0.505. The van der Waals surface area contributed by atoms with Crippen LogP contribution in [0.15, 0.2) is 47.4 Å². The Morgan fingerprint density at radius 3 is 2.50 bits per heavy atom. The fraction of sp³-hybridized carbons (Fsp3) is 0.143. The normalized spacial score (nSPS) is 12.4. The van der Waals surface area contributed by atoms with Crippen molar-refractivity contribution in [3.8, 4) is 0 Å². The number of benzene rings is 2. The molecule has 0 aliphatic carbocycles. The summed E-state index contributed by atoms with van der Waals surface area (Å²) in [5, 5.41) is 0. The number of nitrogens with two attached hydrogens (primary N) is 1. The molecular formula is C14H13F3N2S.